The third kappa shape index (κ3) is 4.96. The number of nitrogens with zero attached hydrogens (tertiary/aromatic N) is 4. The van der Waals surface area contributed by atoms with Gasteiger partial charge in [-0.1, -0.05) is 0 Å². The van der Waals surface area contributed by atoms with Crippen molar-refractivity contribution >= 4 is 11.6 Å². The molecule has 2 heterocycles. The number of pyridine rings is 1. The minimum Gasteiger partial charge on any atom is -0.368 e. The monoisotopic (exact) mass is 305 g/mol. The second kappa shape index (κ2) is 8.10. The molecule has 1 fully saturated rings. The minimum atomic E-state index is -0.0938. The number of anilines is 1. The van der Waals surface area contributed by atoms with Gasteiger partial charge in [0.1, 0.15) is 5.69 Å². The second-order valence-electron chi connectivity index (χ2n) is 6.10. The van der Waals surface area contributed by atoms with E-state index in [4.69, 9.17) is 0 Å². The number of likely N-dealkylation sites (N-methyl/N-ethyl adjacent to an activating group) is 1. The lowest BCUT2D eigenvalue weighted by Gasteiger charge is -2.33. The second-order valence-corrected chi connectivity index (χ2v) is 6.10. The van der Waals surface area contributed by atoms with Gasteiger partial charge in [0.25, 0.3) is 5.91 Å². The summed E-state index contributed by atoms with van der Waals surface area (Å²) in [5.74, 6) is -0.0938. The van der Waals surface area contributed by atoms with Gasteiger partial charge in [0.2, 0.25) is 0 Å². The van der Waals surface area contributed by atoms with Gasteiger partial charge in [-0.05, 0) is 46.2 Å². The Bertz CT molecular complexity index is 466. The first-order valence-electron chi connectivity index (χ1n) is 7.89. The van der Waals surface area contributed by atoms with E-state index in [9.17, 15) is 4.79 Å². The van der Waals surface area contributed by atoms with Crippen LogP contribution >= 0.6 is 0 Å². The lowest BCUT2D eigenvalue weighted by molar-refractivity contribution is 0.0947. The standard InChI is InChI=1S/C16H27N5O/c1-19(2)8-4-7-17-16(22)15-6-5-14(13-18-15)21-11-9-20(3)10-12-21/h5-6,13H,4,7-12H2,1-3H3,(H,17,22). The summed E-state index contributed by atoms with van der Waals surface area (Å²) < 4.78 is 0. The molecule has 0 atom stereocenters. The Morgan fingerprint density at radius 2 is 2.00 bits per heavy atom. The van der Waals surface area contributed by atoms with E-state index in [2.05, 4.69) is 32.0 Å². The van der Waals surface area contributed by atoms with Crippen LogP contribution in [0.3, 0.4) is 0 Å². The molecule has 0 spiro atoms. The Labute approximate surface area is 133 Å². The van der Waals surface area contributed by atoms with Crippen LogP contribution in [-0.4, -0.2) is 81.1 Å². The number of carbonyl (C=O) groups is 1. The van der Waals surface area contributed by atoms with Crippen LogP contribution in [0, 0.1) is 0 Å². The minimum absolute atomic E-state index is 0.0938. The summed E-state index contributed by atoms with van der Waals surface area (Å²) in [6.45, 7) is 5.79. The molecule has 0 unspecified atom stereocenters. The van der Waals surface area contributed by atoms with Crippen LogP contribution in [0.2, 0.25) is 0 Å². The molecule has 0 aromatic carbocycles. The number of hydrogen-bond acceptors (Lipinski definition) is 5. The van der Waals surface area contributed by atoms with E-state index in [0.717, 1.165) is 44.8 Å². The molecule has 0 saturated carbocycles. The molecule has 1 aliphatic rings. The van der Waals surface area contributed by atoms with Crippen LogP contribution in [-0.2, 0) is 0 Å². The molecule has 0 radical (unpaired) electrons. The van der Waals surface area contributed by atoms with Crippen molar-refractivity contribution in [3.8, 4) is 0 Å². The third-order valence-corrected chi connectivity index (χ3v) is 3.92. The zero-order chi connectivity index (χ0) is 15.9. The molecule has 6 nitrogen and oxygen atoms in total. The number of rotatable bonds is 6. The molecule has 122 valence electrons. The Morgan fingerprint density at radius 3 is 2.59 bits per heavy atom. The summed E-state index contributed by atoms with van der Waals surface area (Å²) in [6.07, 6.45) is 2.75. The van der Waals surface area contributed by atoms with Crippen molar-refractivity contribution < 1.29 is 4.79 Å². The molecule has 1 aliphatic heterocycles. The quantitative estimate of drug-likeness (QED) is 0.776. The first-order valence-corrected chi connectivity index (χ1v) is 7.89. The van der Waals surface area contributed by atoms with Gasteiger partial charge in [-0.25, -0.2) is 4.98 Å². The van der Waals surface area contributed by atoms with E-state index >= 15 is 0 Å². The van der Waals surface area contributed by atoms with E-state index in [0.29, 0.717) is 12.2 Å². The van der Waals surface area contributed by atoms with Gasteiger partial charge in [0, 0.05) is 32.7 Å². The Balaban J connectivity index is 1.82. The Morgan fingerprint density at radius 1 is 1.27 bits per heavy atom. The molecule has 1 aromatic heterocycles. The lowest BCUT2D eigenvalue weighted by atomic mass is 10.2. The zero-order valence-electron chi connectivity index (χ0n) is 13.9. The average Bonchev–Trinajstić information content (AvgIpc) is 2.52. The van der Waals surface area contributed by atoms with Gasteiger partial charge in [-0.2, -0.15) is 0 Å². The van der Waals surface area contributed by atoms with Gasteiger partial charge in [-0.15, -0.1) is 0 Å². The van der Waals surface area contributed by atoms with E-state index in [-0.39, 0.29) is 5.91 Å². The summed E-state index contributed by atoms with van der Waals surface area (Å²) in [5.41, 5.74) is 1.58. The Kier molecular flexibility index (Phi) is 6.15. The predicted octanol–water partition coefficient (Wildman–Crippen LogP) is 0.515. The van der Waals surface area contributed by atoms with Gasteiger partial charge in [-0.3, -0.25) is 4.79 Å². The summed E-state index contributed by atoms with van der Waals surface area (Å²) in [4.78, 5) is 23.1. The van der Waals surface area contributed by atoms with Gasteiger partial charge < -0.3 is 20.0 Å². The van der Waals surface area contributed by atoms with Crippen LogP contribution in [0.5, 0.6) is 0 Å². The van der Waals surface area contributed by atoms with Crippen molar-refractivity contribution in [2.45, 2.75) is 6.42 Å². The number of hydrogen-bond donors (Lipinski definition) is 1. The largest absolute Gasteiger partial charge is 0.368 e. The highest BCUT2D eigenvalue weighted by atomic mass is 16.1. The Hall–Kier alpha value is -1.66. The number of carbonyl (C=O) groups excluding carboxylic acids is 1. The highest BCUT2D eigenvalue weighted by Gasteiger charge is 2.15. The van der Waals surface area contributed by atoms with Gasteiger partial charge >= 0.3 is 0 Å². The highest BCUT2D eigenvalue weighted by Crippen LogP contribution is 2.15. The molecule has 6 heteroatoms. The SMILES string of the molecule is CN(C)CCCNC(=O)c1ccc(N2CCN(C)CC2)cn1. The predicted molar refractivity (Wildman–Crippen MR) is 89.5 cm³/mol. The molecule has 1 amide bonds. The molecule has 0 aliphatic carbocycles. The molecule has 0 bridgehead atoms. The van der Waals surface area contributed by atoms with Crippen molar-refractivity contribution in [2.75, 3.05) is 65.3 Å². The molecular formula is C16H27N5O. The van der Waals surface area contributed by atoms with Crippen molar-refractivity contribution in [2.24, 2.45) is 0 Å². The van der Waals surface area contributed by atoms with Crippen LogP contribution in [0.4, 0.5) is 5.69 Å². The van der Waals surface area contributed by atoms with E-state index < -0.39 is 0 Å². The summed E-state index contributed by atoms with van der Waals surface area (Å²) in [5, 5.41) is 2.91. The molecule has 2 rings (SSSR count). The van der Waals surface area contributed by atoms with Crippen LogP contribution in [0.15, 0.2) is 18.3 Å². The molecular weight excluding hydrogens is 278 g/mol. The fourth-order valence-corrected chi connectivity index (χ4v) is 2.46. The zero-order valence-corrected chi connectivity index (χ0v) is 13.9. The number of amides is 1. The van der Waals surface area contributed by atoms with Crippen LogP contribution in [0.1, 0.15) is 16.9 Å². The maximum atomic E-state index is 12.0. The van der Waals surface area contributed by atoms with E-state index in [1.54, 1.807) is 6.20 Å². The summed E-state index contributed by atoms with van der Waals surface area (Å²) in [6, 6.07) is 3.81. The van der Waals surface area contributed by atoms with Crippen molar-refractivity contribution in [3.63, 3.8) is 0 Å². The van der Waals surface area contributed by atoms with Gasteiger partial charge in [0.15, 0.2) is 0 Å². The number of aromatic nitrogens is 1. The van der Waals surface area contributed by atoms with Crippen molar-refractivity contribution in [1.29, 1.82) is 0 Å². The molecule has 1 saturated heterocycles. The fourth-order valence-electron chi connectivity index (χ4n) is 2.46. The molecule has 22 heavy (non-hydrogen) atoms. The van der Waals surface area contributed by atoms with E-state index in [1.807, 2.05) is 26.2 Å². The lowest BCUT2D eigenvalue weighted by Crippen LogP contribution is -2.44. The average molecular weight is 305 g/mol. The van der Waals surface area contributed by atoms with Crippen molar-refractivity contribution in [1.82, 2.24) is 20.1 Å². The summed E-state index contributed by atoms with van der Waals surface area (Å²) >= 11 is 0. The maximum absolute atomic E-state index is 12.0. The fraction of sp³-hybridized carbons (Fsp3) is 0.625. The first kappa shape index (κ1) is 16.7. The maximum Gasteiger partial charge on any atom is 0.269 e. The summed E-state index contributed by atoms with van der Waals surface area (Å²) in [7, 11) is 6.19. The first-order chi connectivity index (χ1) is 10.6. The topological polar surface area (TPSA) is 51.7 Å². The molecule has 1 aromatic rings. The highest BCUT2D eigenvalue weighted by molar-refractivity contribution is 5.92. The number of nitrogens with one attached hydrogen (secondary N) is 1. The van der Waals surface area contributed by atoms with Gasteiger partial charge in [0.05, 0.1) is 11.9 Å². The van der Waals surface area contributed by atoms with Crippen molar-refractivity contribution in [3.05, 3.63) is 24.0 Å². The van der Waals surface area contributed by atoms with Crippen LogP contribution in [0.25, 0.3) is 0 Å². The normalized spacial score (nSPS) is 16.1. The smallest absolute Gasteiger partial charge is 0.269 e. The third-order valence-electron chi connectivity index (χ3n) is 3.92. The van der Waals surface area contributed by atoms with Crippen LogP contribution < -0.4 is 10.2 Å². The number of piperazine rings is 1. The van der Waals surface area contributed by atoms with E-state index in [1.165, 1.54) is 0 Å². The molecule has 1 N–H and O–H groups in total.